The molecule has 0 amide bonds. The zero-order valence-electron chi connectivity index (χ0n) is 9.89. The molecule has 2 heterocycles. The van der Waals surface area contributed by atoms with E-state index >= 15 is 0 Å². The van der Waals surface area contributed by atoms with Gasteiger partial charge < -0.3 is 9.15 Å². The highest BCUT2D eigenvalue weighted by molar-refractivity contribution is 9.10. The second-order valence-electron chi connectivity index (χ2n) is 4.28. The van der Waals surface area contributed by atoms with Gasteiger partial charge in [0.2, 0.25) is 5.89 Å². The van der Waals surface area contributed by atoms with Crippen LogP contribution in [0, 0.1) is 0 Å². The van der Waals surface area contributed by atoms with Gasteiger partial charge in [-0.2, -0.15) is 0 Å². The predicted molar refractivity (Wildman–Crippen MR) is 67.9 cm³/mol. The summed E-state index contributed by atoms with van der Waals surface area (Å²) in [7, 11) is 1.64. The Morgan fingerprint density at radius 1 is 1.39 bits per heavy atom. The van der Waals surface area contributed by atoms with Gasteiger partial charge in [0.15, 0.2) is 0 Å². The molecule has 0 radical (unpaired) electrons. The molecule has 0 aromatic carbocycles. The molecule has 0 N–H and O–H groups in total. The van der Waals surface area contributed by atoms with Crippen LogP contribution in [0.2, 0.25) is 0 Å². The van der Waals surface area contributed by atoms with Crippen molar-refractivity contribution in [3.05, 3.63) is 28.2 Å². The van der Waals surface area contributed by atoms with E-state index in [-0.39, 0.29) is 0 Å². The van der Waals surface area contributed by atoms with Crippen LogP contribution in [-0.4, -0.2) is 22.3 Å². The van der Waals surface area contributed by atoms with Gasteiger partial charge in [0, 0.05) is 17.5 Å². The molecule has 0 aliphatic heterocycles. The van der Waals surface area contributed by atoms with Crippen LogP contribution in [0.1, 0.15) is 30.3 Å². The first kappa shape index (κ1) is 11.8. The molecule has 1 saturated carbocycles. The van der Waals surface area contributed by atoms with Crippen molar-refractivity contribution in [2.45, 2.75) is 25.4 Å². The Kier molecular flexibility index (Phi) is 3.13. The SMILES string of the molecule is COCc1nc(-c2nnc(C3CC3)o2)ccc1Br. The maximum atomic E-state index is 5.63. The Morgan fingerprint density at radius 2 is 2.22 bits per heavy atom. The van der Waals surface area contributed by atoms with E-state index in [1.54, 1.807) is 7.11 Å². The van der Waals surface area contributed by atoms with Gasteiger partial charge in [-0.15, -0.1) is 10.2 Å². The Morgan fingerprint density at radius 3 is 2.94 bits per heavy atom. The van der Waals surface area contributed by atoms with Crippen LogP contribution in [0.4, 0.5) is 0 Å². The first-order valence-electron chi connectivity index (χ1n) is 5.76. The van der Waals surface area contributed by atoms with Crippen LogP contribution in [0.5, 0.6) is 0 Å². The van der Waals surface area contributed by atoms with Crippen LogP contribution in [0.3, 0.4) is 0 Å². The first-order chi connectivity index (χ1) is 8.78. The molecule has 1 aliphatic rings. The number of pyridine rings is 1. The van der Waals surface area contributed by atoms with Gasteiger partial charge in [-0.3, -0.25) is 0 Å². The summed E-state index contributed by atoms with van der Waals surface area (Å²) in [5, 5.41) is 8.10. The second-order valence-corrected chi connectivity index (χ2v) is 5.13. The quantitative estimate of drug-likeness (QED) is 0.869. The number of halogens is 1. The third-order valence-corrected chi connectivity index (χ3v) is 3.51. The number of methoxy groups -OCH3 is 1. The molecule has 0 saturated heterocycles. The molecule has 5 nitrogen and oxygen atoms in total. The number of aromatic nitrogens is 3. The van der Waals surface area contributed by atoms with Crippen LogP contribution in [0.25, 0.3) is 11.6 Å². The topological polar surface area (TPSA) is 61.0 Å². The molecule has 0 atom stereocenters. The highest BCUT2D eigenvalue weighted by atomic mass is 79.9. The van der Waals surface area contributed by atoms with Gasteiger partial charge in [-0.05, 0) is 40.9 Å². The van der Waals surface area contributed by atoms with Crippen molar-refractivity contribution in [1.82, 2.24) is 15.2 Å². The average Bonchev–Trinajstić information content (AvgIpc) is 3.11. The molecule has 0 spiro atoms. The highest BCUT2D eigenvalue weighted by Crippen LogP contribution is 2.39. The minimum absolute atomic E-state index is 0.443. The number of hydrogen-bond donors (Lipinski definition) is 0. The highest BCUT2D eigenvalue weighted by Gasteiger charge is 2.29. The van der Waals surface area contributed by atoms with Gasteiger partial charge in [0.25, 0.3) is 5.89 Å². The molecule has 2 aromatic rings. The lowest BCUT2D eigenvalue weighted by Gasteiger charge is -2.03. The fourth-order valence-electron chi connectivity index (χ4n) is 1.67. The smallest absolute Gasteiger partial charge is 0.266 e. The van der Waals surface area contributed by atoms with Crippen LogP contribution < -0.4 is 0 Å². The van der Waals surface area contributed by atoms with Crippen molar-refractivity contribution >= 4 is 15.9 Å². The monoisotopic (exact) mass is 309 g/mol. The van der Waals surface area contributed by atoms with Crippen molar-refractivity contribution in [2.75, 3.05) is 7.11 Å². The van der Waals surface area contributed by atoms with Gasteiger partial charge >= 0.3 is 0 Å². The largest absolute Gasteiger partial charge is 0.419 e. The Hall–Kier alpha value is -1.27. The Bertz CT molecular complexity index is 566. The van der Waals surface area contributed by atoms with E-state index in [9.17, 15) is 0 Å². The fourth-order valence-corrected chi connectivity index (χ4v) is 2.01. The normalized spacial score (nSPS) is 15.0. The van der Waals surface area contributed by atoms with Gasteiger partial charge in [-0.25, -0.2) is 4.98 Å². The summed E-state index contributed by atoms with van der Waals surface area (Å²) in [6.07, 6.45) is 2.29. The number of rotatable bonds is 4. The van der Waals surface area contributed by atoms with E-state index in [1.807, 2.05) is 12.1 Å². The standard InChI is InChI=1S/C12H12BrN3O2/c1-17-6-10-8(13)4-5-9(14-10)12-16-15-11(18-12)7-2-3-7/h4-5,7H,2-3,6H2,1H3. The summed E-state index contributed by atoms with van der Waals surface area (Å²) >= 11 is 3.43. The third-order valence-electron chi connectivity index (χ3n) is 2.79. The van der Waals surface area contributed by atoms with Gasteiger partial charge in [-0.1, -0.05) is 0 Å². The summed E-state index contributed by atoms with van der Waals surface area (Å²) in [4.78, 5) is 4.46. The van der Waals surface area contributed by atoms with Crippen molar-refractivity contribution in [1.29, 1.82) is 0 Å². The predicted octanol–water partition coefficient (Wildman–Crippen LogP) is 2.92. The molecular formula is C12H12BrN3O2. The number of nitrogens with zero attached hydrogens (tertiary/aromatic N) is 3. The zero-order valence-corrected chi connectivity index (χ0v) is 11.5. The maximum absolute atomic E-state index is 5.63. The van der Waals surface area contributed by atoms with E-state index in [1.165, 1.54) is 0 Å². The minimum atomic E-state index is 0.443. The summed E-state index contributed by atoms with van der Waals surface area (Å²) < 4.78 is 11.6. The van der Waals surface area contributed by atoms with Crippen molar-refractivity contribution in [2.24, 2.45) is 0 Å². The molecule has 6 heteroatoms. The second kappa shape index (κ2) is 4.78. The summed E-state index contributed by atoms with van der Waals surface area (Å²) in [5.74, 6) is 1.66. The molecule has 1 fully saturated rings. The van der Waals surface area contributed by atoms with Crippen molar-refractivity contribution in [3.63, 3.8) is 0 Å². The average molecular weight is 310 g/mol. The van der Waals surface area contributed by atoms with E-state index < -0.39 is 0 Å². The van der Waals surface area contributed by atoms with E-state index in [0.717, 1.165) is 28.9 Å². The third kappa shape index (κ3) is 2.30. The van der Waals surface area contributed by atoms with E-state index in [2.05, 4.69) is 31.1 Å². The lowest BCUT2D eigenvalue weighted by atomic mass is 10.3. The molecule has 18 heavy (non-hydrogen) atoms. The van der Waals surface area contributed by atoms with Crippen molar-refractivity contribution in [3.8, 4) is 11.6 Å². The van der Waals surface area contributed by atoms with Crippen LogP contribution >= 0.6 is 15.9 Å². The van der Waals surface area contributed by atoms with Gasteiger partial charge in [0.05, 0.1) is 12.3 Å². The summed E-state index contributed by atoms with van der Waals surface area (Å²) in [6, 6.07) is 3.77. The van der Waals surface area contributed by atoms with Crippen LogP contribution in [0.15, 0.2) is 21.0 Å². The fraction of sp³-hybridized carbons (Fsp3) is 0.417. The summed E-state index contributed by atoms with van der Waals surface area (Å²) in [5.41, 5.74) is 1.51. The molecule has 3 rings (SSSR count). The van der Waals surface area contributed by atoms with Gasteiger partial charge in [0.1, 0.15) is 5.69 Å². The van der Waals surface area contributed by atoms with Crippen molar-refractivity contribution < 1.29 is 9.15 Å². The molecular weight excluding hydrogens is 298 g/mol. The Balaban J connectivity index is 1.91. The summed E-state index contributed by atoms with van der Waals surface area (Å²) in [6.45, 7) is 0.443. The Labute approximate surface area is 113 Å². The first-order valence-corrected chi connectivity index (χ1v) is 6.55. The lowest BCUT2D eigenvalue weighted by Crippen LogP contribution is -1.95. The maximum Gasteiger partial charge on any atom is 0.266 e. The number of ether oxygens (including phenoxy) is 1. The lowest BCUT2D eigenvalue weighted by molar-refractivity contribution is 0.181. The van der Waals surface area contributed by atoms with Crippen LogP contribution in [-0.2, 0) is 11.3 Å². The van der Waals surface area contributed by atoms with E-state index in [4.69, 9.17) is 9.15 Å². The van der Waals surface area contributed by atoms with E-state index in [0.29, 0.717) is 24.1 Å². The molecule has 0 bridgehead atoms. The molecule has 94 valence electrons. The zero-order chi connectivity index (χ0) is 12.5. The molecule has 1 aliphatic carbocycles. The molecule has 0 unspecified atom stereocenters. The number of hydrogen-bond acceptors (Lipinski definition) is 5. The minimum Gasteiger partial charge on any atom is -0.419 e. The molecule has 2 aromatic heterocycles.